The van der Waals surface area contributed by atoms with Gasteiger partial charge in [-0.1, -0.05) is 20.8 Å². The Hall–Kier alpha value is -0.780. The molecular weight excluding hydrogens is 189 g/mol. The van der Waals surface area contributed by atoms with Gasteiger partial charge in [-0.15, -0.1) is 0 Å². The summed E-state index contributed by atoms with van der Waals surface area (Å²) in [4.78, 5) is 10.3. The first-order valence-corrected chi connectivity index (χ1v) is 3.47. The number of halogens is 3. The maximum atomic E-state index is 12.2. The second-order valence-electron chi connectivity index (χ2n) is 3.76. The van der Waals surface area contributed by atoms with Crippen LogP contribution in [0.4, 0.5) is 13.2 Å². The molecule has 1 unspecified atom stereocenters. The quantitative estimate of drug-likeness (QED) is 0.672. The lowest BCUT2D eigenvalue weighted by Gasteiger charge is -2.37. The Balaban J connectivity index is 5.35. The molecule has 2 N–H and O–H groups in total. The van der Waals surface area contributed by atoms with Crippen LogP contribution in [-0.2, 0) is 4.79 Å². The van der Waals surface area contributed by atoms with Crippen molar-refractivity contribution in [1.82, 2.24) is 0 Å². The Labute approximate surface area is 73.2 Å². The summed E-state index contributed by atoms with van der Waals surface area (Å²) in [6.07, 6.45) is -5.18. The molecule has 0 amide bonds. The molecule has 0 radical (unpaired) electrons. The number of aliphatic hydroxyl groups is 1. The lowest BCUT2D eigenvalue weighted by Crippen LogP contribution is -2.60. The smallest absolute Gasteiger partial charge is 0.428 e. The van der Waals surface area contributed by atoms with Crippen molar-refractivity contribution >= 4 is 5.97 Å². The van der Waals surface area contributed by atoms with E-state index >= 15 is 0 Å². The molecule has 3 nitrogen and oxygen atoms in total. The van der Waals surface area contributed by atoms with Crippen molar-refractivity contribution in [2.45, 2.75) is 32.5 Å². The Morgan fingerprint density at radius 3 is 1.46 bits per heavy atom. The minimum absolute atomic E-state index is 1.01. The zero-order valence-electron chi connectivity index (χ0n) is 7.44. The molecule has 0 saturated heterocycles. The lowest BCUT2D eigenvalue weighted by atomic mass is 9.76. The number of hydrogen-bond acceptors (Lipinski definition) is 2. The molecule has 0 aliphatic rings. The van der Waals surface area contributed by atoms with E-state index in [1.54, 1.807) is 0 Å². The molecule has 0 aromatic rings. The first-order chi connectivity index (χ1) is 5.44. The maximum Gasteiger partial charge on any atom is 0.428 e. The highest BCUT2D eigenvalue weighted by Gasteiger charge is 2.66. The van der Waals surface area contributed by atoms with Gasteiger partial charge in [-0.3, -0.25) is 0 Å². The summed E-state index contributed by atoms with van der Waals surface area (Å²) in [5, 5.41) is 17.4. The highest BCUT2D eigenvalue weighted by molar-refractivity contribution is 5.79. The monoisotopic (exact) mass is 200 g/mol. The van der Waals surface area contributed by atoms with Crippen molar-refractivity contribution in [3.63, 3.8) is 0 Å². The van der Waals surface area contributed by atoms with E-state index in [-0.39, 0.29) is 0 Å². The van der Waals surface area contributed by atoms with E-state index in [9.17, 15) is 18.0 Å². The van der Waals surface area contributed by atoms with E-state index in [1.165, 1.54) is 0 Å². The minimum atomic E-state index is -5.18. The van der Waals surface area contributed by atoms with Gasteiger partial charge in [-0.25, -0.2) is 4.79 Å². The summed E-state index contributed by atoms with van der Waals surface area (Å²) in [5.74, 6) is -2.28. The molecule has 1 atom stereocenters. The second kappa shape index (κ2) is 2.87. The van der Waals surface area contributed by atoms with Crippen LogP contribution in [0.2, 0.25) is 0 Å². The maximum absolute atomic E-state index is 12.2. The van der Waals surface area contributed by atoms with Crippen molar-refractivity contribution in [1.29, 1.82) is 0 Å². The third-order valence-corrected chi connectivity index (χ3v) is 1.81. The average molecular weight is 200 g/mol. The van der Waals surface area contributed by atoms with E-state index in [0.717, 1.165) is 20.8 Å². The van der Waals surface area contributed by atoms with Crippen molar-refractivity contribution < 1.29 is 28.2 Å². The summed E-state index contributed by atoms with van der Waals surface area (Å²) in [6.45, 7) is 3.03. The van der Waals surface area contributed by atoms with Crippen LogP contribution < -0.4 is 0 Å². The topological polar surface area (TPSA) is 57.5 Å². The number of aliphatic carboxylic acids is 1. The molecule has 13 heavy (non-hydrogen) atoms. The largest absolute Gasteiger partial charge is 0.479 e. The van der Waals surface area contributed by atoms with Crippen molar-refractivity contribution in [3.05, 3.63) is 0 Å². The van der Waals surface area contributed by atoms with Crippen molar-refractivity contribution in [2.75, 3.05) is 0 Å². The Morgan fingerprint density at radius 1 is 1.15 bits per heavy atom. The first-order valence-electron chi connectivity index (χ1n) is 3.47. The molecule has 0 aromatic heterocycles. The molecule has 0 aliphatic heterocycles. The lowest BCUT2D eigenvalue weighted by molar-refractivity contribution is -0.288. The molecule has 0 heterocycles. The fourth-order valence-electron chi connectivity index (χ4n) is 0.867. The number of rotatable bonds is 1. The van der Waals surface area contributed by atoms with Gasteiger partial charge in [0.05, 0.1) is 0 Å². The zero-order chi connectivity index (χ0) is 11.1. The van der Waals surface area contributed by atoms with E-state index in [1.807, 2.05) is 0 Å². The standard InChI is InChI=1S/C7H11F3O3/c1-5(2,3)6(13,4(11)12)7(8,9)10/h13H,1-3H3,(H,11,12). The highest BCUT2D eigenvalue weighted by Crippen LogP contribution is 2.43. The molecule has 78 valence electrons. The van der Waals surface area contributed by atoms with Crippen LogP contribution in [0, 0.1) is 5.41 Å². The molecule has 0 fully saturated rings. The molecule has 0 saturated carbocycles. The van der Waals surface area contributed by atoms with Crippen LogP contribution in [0.25, 0.3) is 0 Å². The number of alkyl halides is 3. The molecular formula is C7H11F3O3. The molecule has 0 aromatic carbocycles. The summed E-state index contributed by atoms with van der Waals surface area (Å²) in [7, 11) is 0. The van der Waals surface area contributed by atoms with Crippen molar-refractivity contribution in [3.8, 4) is 0 Å². The van der Waals surface area contributed by atoms with Crippen LogP contribution >= 0.6 is 0 Å². The van der Waals surface area contributed by atoms with Crippen LogP contribution in [0.3, 0.4) is 0 Å². The Morgan fingerprint density at radius 2 is 1.46 bits per heavy atom. The minimum Gasteiger partial charge on any atom is -0.479 e. The number of carboxylic acids is 1. The summed E-state index contributed by atoms with van der Waals surface area (Å²) >= 11 is 0. The average Bonchev–Trinajstić information content (AvgIpc) is 1.80. The second-order valence-corrected chi connectivity index (χ2v) is 3.76. The Bertz CT molecular complexity index is 200. The number of hydrogen-bond donors (Lipinski definition) is 2. The van der Waals surface area contributed by atoms with E-state index in [2.05, 4.69) is 0 Å². The van der Waals surface area contributed by atoms with Gasteiger partial charge in [0.1, 0.15) is 0 Å². The van der Waals surface area contributed by atoms with Gasteiger partial charge >= 0.3 is 12.1 Å². The van der Waals surface area contributed by atoms with E-state index < -0.39 is 23.2 Å². The highest BCUT2D eigenvalue weighted by atomic mass is 19.4. The van der Waals surface area contributed by atoms with Gasteiger partial charge in [0.15, 0.2) is 0 Å². The molecule has 6 heteroatoms. The number of carbonyl (C=O) groups is 1. The van der Waals surface area contributed by atoms with Crippen LogP contribution in [0.15, 0.2) is 0 Å². The molecule has 0 bridgehead atoms. The fraction of sp³-hybridized carbons (Fsp3) is 0.857. The van der Waals surface area contributed by atoms with Crippen LogP contribution in [0.5, 0.6) is 0 Å². The van der Waals surface area contributed by atoms with Gasteiger partial charge in [-0.2, -0.15) is 13.2 Å². The molecule has 0 spiro atoms. The predicted molar refractivity (Wildman–Crippen MR) is 38.1 cm³/mol. The van der Waals surface area contributed by atoms with Crippen LogP contribution in [0.1, 0.15) is 20.8 Å². The third kappa shape index (κ3) is 1.77. The van der Waals surface area contributed by atoms with Gasteiger partial charge in [-0.05, 0) is 0 Å². The summed E-state index contributed by atoms with van der Waals surface area (Å²) in [6, 6.07) is 0. The SMILES string of the molecule is CC(C)(C)C(O)(C(=O)O)C(F)(F)F. The predicted octanol–water partition coefficient (Wildman–Crippen LogP) is 1.41. The van der Waals surface area contributed by atoms with E-state index in [0.29, 0.717) is 0 Å². The third-order valence-electron chi connectivity index (χ3n) is 1.81. The molecule has 0 aliphatic carbocycles. The van der Waals surface area contributed by atoms with Gasteiger partial charge in [0.25, 0.3) is 5.60 Å². The van der Waals surface area contributed by atoms with Gasteiger partial charge < -0.3 is 10.2 Å². The number of carboxylic acid groups (broad SMARTS) is 1. The normalized spacial score (nSPS) is 18.1. The Kier molecular flexibility index (Phi) is 2.69. The zero-order valence-corrected chi connectivity index (χ0v) is 7.44. The first kappa shape index (κ1) is 12.2. The van der Waals surface area contributed by atoms with E-state index in [4.69, 9.17) is 10.2 Å². The summed E-state index contributed by atoms with van der Waals surface area (Å²) < 4.78 is 36.7. The van der Waals surface area contributed by atoms with Crippen LogP contribution in [-0.4, -0.2) is 28.0 Å². The fourth-order valence-corrected chi connectivity index (χ4v) is 0.867. The van der Waals surface area contributed by atoms with Gasteiger partial charge in [0, 0.05) is 5.41 Å². The van der Waals surface area contributed by atoms with Crippen molar-refractivity contribution in [2.24, 2.45) is 5.41 Å². The molecule has 0 rings (SSSR count). The van der Waals surface area contributed by atoms with Gasteiger partial charge in [0.2, 0.25) is 0 Å². The summed E-state index contributed by atoms with van der Waals surface area (Å²) in [5.41, 5.74) is -5.52.